The summed E-state index contributed by atoms with van der Waals surface area (Å²) in [5, 5.41) is 0.999. The predicted octanol–water partition coefficient (Wildman–Crippen LogP) is 3.47. The van der Waals surface area contributed by atoms with Crippen molar-refractivity contribution < 1.29 is 4.74 Å². The molecule has 2 rings (SSSR count). The van der Waals surface area contributed by atoms with Crippen LogP contribution in [0.3, 0.4) is 0 Å². The lowest BCUT2D eigenvalue weighted by molar-refractivity contribution is 0.467. The summed E-state index contributed by atoms with van der Waals surface area (Å²) in [7, 11) is 0. The summed E-state index contributed by atoms with van der Waals surface area (Å²) in [6.45, 7) is 8.00. The lowest BCUT2D eigenvalue weighted by Crippen LogP contribution is -1.84. The van der Waals surface area contributed by atoms with Gasteiger partial charge in [-0.15, -0.1) is 13.2 Å². The van der Waals surface area contributed by atoms with Crippen molar-refractivity contribution in [3.63, 3.8) is 0 Å². The summed E-state index contributed by atoms with van der Waals surface area (Å²) in [6, 6.07) is 8.12. The Morgan fingerprint density at radius 3 is 2.67 bits per heavy atom. The highest BCUT2D eigenvalue weighted by molar-refractivity contribution is 7.82. The van der Waals surface area contributed by atoms with Crippen LogP contribution in [0.15, 0.2) is 65.6 Å². The van der Waals surface area contributed by atoms with Gasteiger partial charge in [-0.2, -0.15) is 0 Å². The van der Waals surface area contributed by atoms with Gasteiger partial charge in [0.2, 0.25) is 4.90 Å². The average molecular weight is 219 g/mol. The van der Waals surface area contributed by atoms with Crippen molar-refractivity contribution in [3.05, 3.63) is 60.7 Å². The van der Waals surface area contributed by atoms with Crippen molar-refractivity contribution in [3.8, 4) is 5.75 Å². The van der Waals surface area contributed by atoms with Gasteiger partial charge < -0.3 is 4.74 Å². The fourth-order valence-corrected chi connectivity index (χ4v) is 2.07. The third-order valence-corrected chi connectivity index (χ3v) is 2.81. The maximum absolute atomic E-state index is 5.61. The van der Waals surface area contributed by atoms with Gasteiger partial charge in [-0.1, -0.05) is 24.3 Å². The summed E-state index contributed by atoms with van der Waals surface area (Å²) < 4.78 is 5.61. The van der Waals surface area contributed by atoms with Crippen molar-refractivity contribution >= 4 is 11.8 Å². The molecular weight excluding hydrogens is 204 g/mol. The molecule has 1 nitrogen and oxygen atoms in total. The lowest BCUT2D eigenvalue weighted by atomic mass is 10.3. The van der Waals surface area contributed by atoms with Crippen LogP contribution in [-0.2, 0) is 11.8 Å². The molecule has 1 aliphatic heterocycles. The Kier molecular flexibility index (Phi) is 4.78. The molecule has 0 saturated carbocycles. The van der Waals surface area contributed by atoms with Gasteiger partial charge in [0, 0.05) is 6.08 Å². The van der Waals surface area contributed by atoms with E-state index >= 15 is 0 Å². The molecule has 78 valence electrons. The van der Waals surface area contributed by atoms with E-state index in [-0.39, 0.29) is 0 Å². The summed E-state index contributed by atoms with van der Waals surface area (Å²) in [5.41, 5.74) is 0. The van der Waals surface area contributed by atoms with Crippen LogP contribution in [0.2, 0.25) is 0 Å². The fourth-order valence-electron chi connectivity index (χ4n) is 1.14. The van der Waals surface area contributed by atoms with Gasteiger partial charge >= 0.3 is 5.09 Å². The second-order valence-electron chi connectivity index (χ2n) is 2.71. The highest BCUT2D eigenvalue weighted by atomic mass is 32.2. The lowest BCUT2D eigenvalue weighted by Gasteiger charge is -1.88. The minimum absolute atomic E-state index is 0.986. The van der Waals surface area contributed by atoms with Crippen LogP contribution in [0, 0.1) is 0 Å². The number of rotatable bonds is 1. The zero-order valence-electron chi connectivity index (χ0n) is 8.81. The van der Waals surface area contributed by atoms with E-state index < -0.39 is 0 Å². The van der Waals surface area contributed by atoms with E-state index in [2.05, 4.69) is 19.2 Å². The van der Waals surface area contributed by atoms with Crippen LogP contribution in [0.4, 0.5) is 0 Å². The molecule has 0 atom stereocenters. The first-order valence-corrected chi connectivity index (χ1v) is 5.61. The number of hydrogen-bond donors (Lipinski definition) is 0. The molecule has 0 N–H and O–H groups in total. The summed E-state index contributed by atoms with van der Waals surface area (Å²) in [6.07, 6.45) is 5.99. The molecule has 0 spiro atoms. The number of hydrogen-bond acceptors (Lipinski definition) is 1. The Labute approximate surface area is 95.2 Å². The van der Waals surface area contributed by atoms with Crippen molar-refractivity contribution in [2.75, 3.05) is 0 Å². The Morgan fingerprint density at radius 1 is 1.27 bits per heavy atom. The van der Waals surface area contributed by atoms with E-state index in [0.29, 0.717) is 0 Å². The first-order valence-electron chi connectivity index (χ1n) is 4.72. The van der Waals surface area contributed by atoms with Crippen LogP contribution < -0.4 is 4.74 Å². The molecule has 0 fully saturated rings. The SMILES string of the molecule is C/C=C\C=C1\Oc2ccccc2[SH+]1.C=C. The largest absolute Gasteiger partial charge is 0.412 e. The minimum atomic E-state index is 0.986. The van der Waals surface area contributed by atoms with Crippen LogP contribution in [-0.4, -0.2) is 0 Å². The Morgan fingerprint density at radius 2 is 2.00 bits per heavy atom. The highest BCUT2D eigenvalue weighted by Gasteiger charge is 2.25. The van der Waals surface area contributed by atoms with Crippen molar-refractivity contribution in [2.24, 2.45) is 0 Å². The summed E-state index contributed by atoms with van der Waals surface area (Å²) >= 11 is 1.17. The Hall–Kier alpha value is -1.41. The van der Waals surface area contributed by atoms with Crippen LogP contribution in [0.5, 0.6) is 5.75 Å². The normalized spacial score (nSPS) is 15.7. The molecule has 0 aromatic heterocycles. The molecular formula is C13H15OS+. The van der Waals surface area contributed by atoms with Gasteiger partial charge in [-0.25, -0.2) is 0 Å². The number of para-hydroxylation sites is 1. The van der Waals surface area contributed by atoms with E-state index in [9.17, 15) is 0 Å². The maximum atomic E-state index is 5.61. The molecule has 0 radical (unpaired) electrons. The topological polar surface area (TPSA) is 9.23 Å². The molecule has 15 heavy (non-hydrogen) atoms. The van der Waals surface area contributed by atoms with Crippen LogP contribution in [0.25, 0.3) is 0 Å². The number of thiol groups is 1. The van der Waals surface area contributed by atoms with E-state index in [1.54, 1.807) is 0 Å². The zero-order chi connectivity index (χ0) is 11.1. The van der Waals surface area contributed by atoms with E-state index in [4.69, 9.17) is 4.74 Å². The van der Waals surface area contributed by atoms with Crippen LogP contribution >= 0.6 is 0 Å². The van der Waals surface area contributed by atoms with Gasteiger partial charge in [-0.3, -0.25) is 0 Å². The maximum Gasteiger partial charge on any atom is 0.317 e. The van der Waals surface area contributed by atoms with Gasteiger partial charge in [0.05, 0.1) is 11.8 Å². The summed E-state index contributed by atoms with van der Waals surface area (Å²) in [4.78, 5) is 1.25. The monoisotopic (exact) mass is 219 g/mol. The molecule has 1 aromatic carbocycles. The third-order valence-electron chi connectivity index (χ3n) is 1.74. The molecule has 0 amide bonds. The molecule has 1 aliphatic rings. The number of benzene rings is 1. The van der Waals surface area contributed by atoms with Gasteiger partial charge in [-0.05, 0) is 19.1 Å². The molecule has 2 heteroatoms. The average Bonchev–Trinajstić information content (AvgIpc) is 2.71. The molecule has 0 bridgehead atoms. The van der Waals surface area contributed by atoms with Crippen LogP contribution in [0.1, 0.15) is 6.92 Å². The summed E-state index contributed by atoms with van der Waals surface area (Å²) in [5.74, 6) is 0.986. The van der Waals surface area contributed by atoms with Crippen molar-refractivity contribution in [2.45, 2.75) is 11.8 Å². The van der Waals surface area contributed by atoms with E-state index in [1.165, 1.54) is 16.7 Å². The second-order valence-corrected chi connectivity index (χ2v) is 3.86. The number of fused-ring (bicyclic) bond motifs is 1. The Balaban J connectivity index is 0.000000531. The number of allylic oxidation sites excluding steroid dienone is 3. The molecule has 1 heterocycles. The highest BCUT2D eigenvalue weighted by Crippen LogP contribution is 2.31. The van der Waals surface area contributed by atoms with Crippen molar-refractivity contribution in [1.82, 2.24) is 0 Å². The van der Waals surface area contributed by atoms with Gasteiger partial charge in [0.1, 0.15) is 0 Å². The molecule has 0 saturated heterocycles. The van der Waals surface area contributed by atoms with E-state index in [0.717, 1.165) is 10.8 Å². The van der Waals surface area contributed by atoms with Crippen molar-refractivity contribution in [1.29, 1.82) is 0 Å². The Bertz CT molecular complexity index is 353. The van der Waals surface area contributed by atoms with Gasteiger partial charge in [0.15, 0.2) is 5.75 Å². The molecule has 0 aliphatic carbocycles. The standard InChI is InChI=1S/C11H10OS.C2H4/c1-2-3-8-11-12-9-6-4-5-7-10(9)13-11;1-2/h2-8H,1H3;1-2H2/p+1/b3-2-,11-8-;. The minimum Gasteiger partial charge on any atom is -0.412 e. The quantitative estimate of drug-likeness (QED) is 0.399. The second kappa shape index (κ2) is 6.14. The molecule has 1 aromatic rings. The number of ether oxygens (including phenoxy) is 1. The third kappa shape index (κ3) is 3.03. The smallest absolute Gasteiger partial charge is 0.317 e. The first kappa shape index (κ1) is 11.7. The van der Waals surface area contributed by atoms with E-state index in [1.807, 2.05) is 43.4 Å². The fraction of sp³-hybridized carbons (Fsp3) is 0.0769. The molecule has 0 unspecified atom stereocenters. The first-order chi connectivity index (χ1) is 7.40. The predicted molar refractivity (Wildman–Crippen MR) is 68.2 cm³/mol. The van der Waals surface area contributed by atoms with Gasteiger partial charge in [0.25, 0.3) is 0 Å². The zero-order valence-corrected chi connectivity index (χ0v) is 9.71.